The summed E-state index contributed by atoms with van der Waals surface area (Å²) in [5.41, 5.74) is 0.964. The molecule has 19 heavy (non-hydrogen) atoms. The van der Waals surface area contributed by atoms with Gasteiger partial charge in [0.25, 0.3) is 0 Å². The van der Waals surface area contributed by atoms with Gasteiger partial charge in [0.15, 0.2) is 0 Å². The van der Waals surface area contributed by atoms with Crippen molar-refractivity contribution in [2.75, 3.05) is 46.4 Å². The first kappa shape index (κ1) is 14.0. The number of rotatable bonds is 5. The molecule has 1 fully saturated rings. The fraction of sp³-hybridized carbons (Fsp3) is 0.571. The van der Waals surface area contributed by atoms with E-state index in [-0.39, 0.29) is 5.91 Å². The second kappa shape index (κ2) is 7.21. The van der Waals surface area contributed by atoms with Gasteiger partial charge >= 0.3 is 0 Å². The van der Waals surface area contributed by atoms with E-state index in [4.69, 9.17) is 4.74 Å². The van der Waals surface area contributed by atoms with Crippen molar-refractivity contribution in [3.63, 3.8) is 0 Å². The molecule has 2 heterocycles. The maximum atomic E-state index is 12.0. The summed E-state index contributed by atoms with van der Waals surface area (Å²) in [4.78, 5) is 20.2. The molecular weight excluding hydrogens is 242 g/mol. The highest BCUT2D eigenvalue weighted by molar-refractivity contribution is 5.78. The number of hydrogen-bond acceptors (Lipinski definition) is 4. The zero-order valence-corrected chi connectivity index (χ0v) is 11.4. The lowest BCUT2D eigenvalue weighted by molar-refractivity contribution is -0.129. The van der Waals surface area contributed by atoms with Crippen LogP contribution in [0.1, 0.15) is 5.56 Å². The molecule has 0 unspecified atom stereocenters. The van der Waals surface area contributed by atoms with Crippen LogP contribution in [0.2, 0.25) is 0 Å². The van der Waals surface area contributed by atoms with E-state index in [9.17, 15) is 4.79 Å². The molecule has 1 aliphatic rings. The third kappa shape index (κ3) is 4.61. The van der Waals surface area contributed by atoms with Gasteiger partial charge in [0.2, 0.25) is 5.91 Å². The van der Waals surface area contributed by atoms with Crippen LogP contribution in [0.5, 0.6) is 0 Å². The van der Waals surface area contributed by atoms with Crippen LogP contribution in [-0.4, -0.2) is 67.1 Å². The standard InChI is InChI=1S/C14H21N3O2/c1-16(5-6-17-7-9-19-10-8-17)14(18)11-13-3-2-4-15-12-13/h2-4,12H,5-11H2,1H3. The van der Waals surface area contributed by atoms with Gasteiger partial charge in [0.1, 0.15) is 0 Å². The van der Waals surface area contributed by atoms with Gasteiger partial charge in [-0.15, -0.1) is 0 Å². The number of ether oxygens (including phenoxy) is 1. The van der Waals surface area contributed by atoms with E-state index in [2.05, 4.69) is 9.88 Å². The van der Waals surface area contributed by atoms with Gasteiger partial charge in [-0.3, -0.25) is 14.7 Å². The third-order valence-corrected chi connectivity index (χ3v) is 3.36. The zero-order valence-electron chi connectivity index (χ0n) is 11.4. The Morgan fingerprint density at radius 3 is 2.95 bits per heavy atom. The van der Waals surface area contributed by atoms with E-state index in [1.807, 2.05) is 19.2 Å². The summed E-state index contributed by atoms with van der Waals surface area (Å²) in [6, 6.07) is 3.79. The molecule has 5 nitrogen and oxygen atoms in total. The van der Waals surface area contributed by atoms with Gasteiger partial charge in [-0.1, -0.05) is 6.07 Å². The molecule has 0 bridgehead atoms. The average molecular weight is 263 g/mol. The second-order valence-electron chi connectivity index (χ2n) is 4.81. The molecule has 0 radical (unpaired) electrons. The lowest BCUT2D eigenvalue weighted by Crippen LogP contribution is -2.42. The number of morpholine rings is 1. The Labute approximate surface area is 114 Å². The highest BCUT2D eigenvalue weighted by Gasteiger charge is 2.13. The van der Waals surface area contributed by atoms with Crippen LogP contribution in [0.3, 0.4) is 0 Å². The fourth-order valence-corrected chi connectivity index (χ4v) is 2.05. The SMILES string of the molecule is CN(CCN1CCOCC1)C(=O)Cc1cccnc1. The van der Waals surface area contributed by atoms with Crippen molar-refractivity contribution in [1.82, 2.24) is 14.8 Å². The van der Waals surface area contributed by atoms with E-state index in [0.717, 1.165) is 45.0 Å². The van der Waals surface area contributed by atoms with Crippen molar-refractivity contribution in [2.45, 2.75) is 6.42 Å². The smallest absolute Gasteiger partial charge is 0.226 e. The van der Waals surface area contributed by atoms with Gasteiger partial charge in [0.05, 0.1) is 19.6 Å². The largest absolute Gasteiger partial charge is 0.379 e. The predicted molar refractivity (Wildman–Crippen MR) is 72.8 cm³/mol. The molecule has 1 saturated heterocycles. The Hall–Kier alpha value is -1.46. The van der Waals surface area contributed by atoms with Crippen LogP contribution in [0.25, 0.3) is 0 Å². The summed E-state index contributed by atoms with van der Waals surface area (Å²) >= 11 is 0. The first-order valence-corrected chi connectivity index (χ1v) is 6.68. The van der Waals surface area contributed by atoms with Crippen molar-refractivity contribution >= 4 is 5.91 Å². The van der Waals surface area contributed by atoms with Gasteiger partial charge in [-0.2, -0.15) is 0 Å². The van der Waals surface area contributed by atoms with Crippen molar-refractivity contribution in [1.29, 1.82) is 0 Å². The summed E-state index contributed by atoms with van der Waals surface area (Å²) in [7, 11) is 1.86. The maximum Gasteiger partial charge on any atom is 0.226 e. The van der Waals surface area contributed by atoms with Crippen molar-refractivity contribution in [3.8, 4) is 0 Å². The number of carbonyl (C=O) groups is 1. The number of amides is 1. The predicted octanol–water partition coefficient (Wildman–Crippen LogP) is 0.415. The normalized spacial score (nSPS) is 16.3. The lowest BCUT2D eigenvalue weighted by atomic mass is 10.2. The molecule has 1 amide bonds. The van der Waals surface area contributed by atoms with Gasteiger partial charge in [-0.25, -0.2) is 0 Å². The first-order valence-electron chi connectivity index (χ1n) is 6.68. The molecule has 1 aliphatic heterocycles. The molecule has 0 N–H and O–H groups in total. The minimum atomic E-state index is 0.140. The van der Waals surface area contributed by atoms with Gasteiger partial charge in [0, 0.05) is 45.6 Å². The zero-order chi connectivity index (χ0) is 13.5. The fourth-order valence-electron chi connectivity index (χ4n) is 2.05. The van der Waals surface area contributed by atoms with Crippen molar-refractivity contribution in [3.05, 3.63) is 30.1 Å². The number of aromatic nitrogens is 1. The van der Waals surface area contributed by atoms with Crippen LogP contribution < -0.4 is 0 Å². The van der Waals surface area contributed by atoms with Crippen LogP contribution in [0.15, 0.2) is 24.5 Å². The Bertz CT molecular complexity index is 391. The van der Waals surface area contributed by atoms with E-state index >= 15 is 0 Å². The Balaban J connectivity index is 1.73. The molecule has 2 rings (SSSR count). The summed E-state index contributed by atoms with van der Waals surface area (Å²) < 4.78 is 5.30. The molecule has 0 aliphatic carbocycles. The van der Waals surface area contributed by atoms with Crippen LogP contribution in [-0.2, 0) is 16.0 Å². The Morgan fingerprint density at radius 2 is 2.26 bits per heavy atom. The third-order valence-electron chi connectivity index (χ3n) is 3.36. The molecule has 0 spiro atoms. The van der Waals surface area contributed by atoms with E-state index in [1.165, 1.54) is 0 Å². The molecule has 0 saturated carbocycles. The monoisotopic (exact) mass is 263 g/mol. The highest BCUT2D eigenvalue weighted by Crippen LogP contribution is 2.01. The highest BCUT2D eigenvalue weighted by atomic mass is 16.5. The first-order chi connectivity index (χ1) is 9.25. The summed E-state index contributed by atoms with van der Waals surface area (Å²) in [5.74, 6) is 0.140. The molecule has 104 valence electrons. The van der Waals surface area contributed by atoms with Crippen LogP contribution in [0, 0.1) is 0 Å². The lowest BCUT2D eigenvalue weighted by Gasteiger charge is -2.28. The molecule has 0 aromatic carbocycles. The molecule has 1 aromatic rings. The van der Waals surface area contributed by atoms with Crippen LogP contribution >= 0.6 is 0 Å². The topological polar surface area (TPSA) is 45.7 Å². The Morgan fingerprint density at radius 1 is 1.47 bits per heavy atom. The average Bonchev–Trinajstić information content (AvgIpc) is 2.47. The number of nitrogens with zero attached hydrogens (tertiary/aromatic N) is 3. The minimum Gasteiger partial charge on any atom is -0.379 e. The Kier molecular flexibility index (Phi) is 5.30. The summed E-state index contributed by atoms with van der Waals surface area (Å²) in [6.07, 6.45) is 3.89. The minimum absolute atomic E-state index is 0.140. The number of hydrogen-bond donors (Lipinski definition) is 0. The summed E-state index contributed by atoms with van der Waals surface area (Å²) in [6.45, 7) is 5.20. The van der Waals surface area contributed by atoms with Gasteiger partial charge in [-0.05, 0) is 11.6 Å². The second-order valence-corrected chi connectivity index (χ2v) is 4.81. The van der Waals surface area contributed by atoms with Crippen molar-refractivity contribution < 1.29 is 9.53 Å². The van der Waals surface area contributed by atoms with E-state index in [0.29, 0.717) is 6.42 Å². The molecule has 1 aromatic heterocycles. The molecule has 5 heteroatoms. The van der Waals surface area contributed by atoms with E-state index in [1.54, 1.807) is 17.3 Å². The number of pyridine rings is 1. The van der Waals surface area contributed by atoms with E-state index < -0.39 is 0 Å². The summed E-state index contributed by atoms with van der Waals surface area (Å²) in [5, 5.41) is 0. The quantitative estimate of drug-likeness (QED) is 0.772. The number of likely N-dealkylation sites (N-methyl/N-ethyl adjacent to an activating group) is 1. The molecular formula is C14H21N3O2. The van der Waals surface area contributed by atoms with Gasteiger partial charge < -0.3 is 9.64 Å². The number of carbonyl (C=O) groups excluding carboxylic acids is 1. The van der Waals surface area contributed by atoms with Crippen molar-refractivity contribution in [2.24, 2.45) is 0 Å². The molecule has 0 atom stereocenters. The maximum absolute atomic E-state index is 12.0. The van der Waals surface area contributed by atoms with Crippen LogP contribution in [0.4, 0.5) is 0 Å².